The molecule has 0 unspecified atom stereocenters. The molecular weight excluding hydrogens is 274 g/mol. The molecule has 1 saturated carbocycles. The Kier molecular flexibility index (Phi) is 5.00. The van der Waals surface area contributed by atoms with E-state index in [-0.39, 0.29) is 0 Å². The lowest BCUT2D eigenvalue weighted by Crippen LogP contribution is -2.41. The molecule has 2 heteroatoms. The predicted octanol–water partition coefficient (Wildman–Crippen LogP) is 4.62. The molecule has 2 aromatic rings. The van der Waals surface area contributed by atoms with Gasteiger partial charge in [0.25, 0.3) is 0 Å². The van der Waals surface area contributed by atoms with Crippen LogP contribution in [0.15, 0.2) is 59.5 Å². The van der Waals surface area contributed by atoms with E-state index < -0.39 is 0 Å². The van der Waals surface area contributed by atoms with Crippen molar-refractivity contribution in [3.8, 4) is 0 Å². The molecular formula is C19H23NS. The standard InChI is InChI=1S/C19H23NS/c1-15-7-5-6-10-19(15)16-13-17(14-16)20-11-12-21-18-8-3-2-4-9-18/h2-10,16-17,20H,11-14H2,1H3. The molecule has 0 aromatic heterocycles. The SMILES string of the molecule is Cc1ccccc1C1CC(NCCSc2ccccc2)C1. The molecule has 0 radical (unpaired) electrons. The van der Waals surface area contributed by atoms with Crippen LogP contribution in [0.1, 0.15) is 29.9 Å². The van der Waals surface area contributed by atoms with Crippen LogP contribution in [-0.4, -0.2) is 18.3 Å². The third-order valence-electron chi connectivity index (χ3n) is 4.31. The van der Waals surface area contributed by atoms with Crippen molar-refractivity contribution < 1.29 is 0 Å². The first-order chi connectivity index (χ1) is 10.3. The fourth-order valence-corrected chi connectivity index (χ4v) is 3.84. The molecule has 0 aliphatic heterocycles. The van der Waals surface area contributed by atoms with Gasteiger partial charge in [-0.15, -0.1) is 11.8 Å². The Morgan fingerprint density at radius 1 is 1.00 bits per heavy atom. The van der Waals surface area contributed by atoms with E-state index in [2.05, 4.69) is 66.8 Å². The minimum Gasteiger partial charge on any atom is -0.313 e. The van der Waals surface area contributed by atoms with Crippen LogP contribution < -0.4 is 5.32 Å². The number of rotatable bonds is 6. The number of aryl methyl sites for hydroxylation is 1. The molecule has 1 nitrogen and oxygen atoms in total. The van der Waals surface area contributed by atoms with Gasteiger partial charge >= 0.3 is 0 Å². The van der Waals surface area contributed by atoms with Crippen LogP contribution in [0.2, 0.25) is 0 Å². The Balaban J connectivity index is 1.35. The first-order valence-electron chi connectivity index (χ1n) is 7.79. The van der Waals surface area contributed by atoms with Gasteiger partial charge < -0.3 is 5.32 Å². The van der Waals surface area contributed by atoms with E-state index in [1.54, 1.807) is 5.56 Å². The van der Waals surface area contributed by atoms with Crippen LogP contribution in [0.4, 0.5) is 0 Å². The van der Waals surface area contributed by atoms with Crippen molar-refractivity contribution >= 4 is 11.8 Å². The molecule has 3 rings (SSSR count). The fourth-order valence-electron chi connectivity index (χ4n) is 3.03. The van der Waals surface area contributed by atoms with Gasteiger partial charge in [-0.1, -0.05) is 42.5 Å². The number of benzene rings is 2. The van der Waals surface area contributed by atoms with Gasteiger partial charge in [0.05, 0.1) is 0 Å². The van der Waals surface area contributed by atoms with Gasteiger partial charge in [-0.3, -0.25) is 0 Å². The van der Waals surface area contributed by atoms with Gasteiger partial charge in [-0.2, -0.15) is 0 Å². The molecule has 2 aromatic carbocycles. The predicted molar refractivity (Wildman–Crippen MR) is 92.1 cm³/mol. The lowest BCUT2D eigenvalue weighted by molar-refractivity contribution is 0.296. The second kappa shape index (κ2) is 7.15. The average molecular weight is 297 g/mol. The molecule has 1 N–H and O–H groups in total. The molecule has 1 aliphatic rings. The lowest BCUT2D eigenvalue weighted by atomic mass is 9.74. The lowest BCUT2D eigenvalue weighted by Gasteiger charge is -2.37. The molecule has 1 aliphatic carbocycles. The van der Waals surface area contributed by atoms with Crippen molar-refractivity contribution in [3.05, 3.63) is 65.7 Å². The van der Waals surface area contributed by atoms with Gasteiger partial charge in [0.15, 0.2) is 0 Å². The smallest absolute Gasteiger partial charge is 0.0106 e. The fraction of sp³-hybridized carbons (Fsp3) is 0.368. The highest BCUT2D eigenvalue weighted by atomic mass is 32.2. The van der Waals surface area contributed by atoms with E-state index in [1.165, 1.54) is 23.3 Å². The Bertz CT molecular complexity index is 561. The third-order valence-corrected chi connectivity index (χ3v) is 5.33. The Morgan fingerprint density at radius 3 is 2.48 bits per heavy atom. The summed E-state index contributed by atoms with van der Waals surface area (Å²) in [5, 5.41) is 3.69. The van der Waals surface area contributed by atoms with Crippen molar-refractivity contribution in [3.63, 3.8) is 0 Å². The zero-order chi connectivity index (χ0) is 14.5. The first-order valence-corrected chi connectivity index (χ1v) is 8.78. The van der Waals surface area contributed by atoms with Crippen molar-refractivity contribution in [2.45, 2.75) is 36.6 Å². The van der Waals surface area contributed by atoms with Crippen molar-refractivity contribution in [2.24, 2.45) is 0 Å². The quantitative estimate of drug-likeness (QED) is 0.616. The maximum Gasteiger partial charge on any atom is 0.0106 e. The van der Waals surface area contributed by atoms with Gasteiger partial charge in [0, 0.05) is 23.2 Å². The maximum absolute atomic E-state index is 3.69. The molecule has 0 amide bonds. The van der Waals surface area contributed by atoms with Crippen LogP contribution in [0.25, 0.3) is 0 Å². The Morgan fingerprint density at radius 2 is 1.71 bits per heavy atom. The number of thioether (sulfide) groups is 1. The average Bonchev–Trinajstić information content (AvgIpc) is 2.47. The second-order valence-electron chi connectivity index (χ2n) is 5.84. The highest BCUT2D eigenvalue weighted by Gasteiger charge is 2.30. The minimum absolute atomic E-state index is 0.714. The maximum atomic E-state index is 3.69. The van der Waals surface area contributed by atoms with Crippen molar-refractivity contribution in [1.82, 2.24) is 5.32 Å². The molecule has 0 saturated heterocycles. The number of hydrogen-bond donors (Lipinski definition) is 1. The molecule has 0 atom stereocenters. The van der Waals surface area contributed by atoms with E-state index in [1.807, 2.05) is 11.8 Å². The van der Waals surface area contributed by atoms with E-state index in [0.29, 0.717) is 6.04 Å². The zero-order valence-corrected chi connectivity index (χ0v) is 13.4. The zero-order valence-electron chi connectivity index (χ0n) is 12.6. The van der Waals surface area contributed by atoms with Crippen molar-refractivity contribution in [2.75, 3.05) is 12.3 Å². The van der Waals surface area contributed by atoms with Crippen molar-refractivity contribution in [1.29, 1.82) is 0 Å². The summed E-state index contributed by atoms with van der Waals surface area (Å²) in [6, 6.07) is 20.2. The number of nitrogens with one attached hydrogen (secondary N) is 1. The topological polar surface area (TPSA) is 12.0 Å². The van der Waals surface area contributed by atoms with E-state index >= 15 is 0 Å². The van der Waals surface area contributed by atoms with Gasteiger partial charge in [0.1, 0.15) is 0 Å². The first kappa shape index (κ1) is 14.7. The van der Waals surface area contributed by atoms with Crippen LogP contribution in [-0.2, 0) is 0 Å². The van der Waals surface area contributed by atoms with E-state index in [4.69, 9.17) is 0 Å². The Hall–Kier alpha value is -1.25. The second-order valence-corrected chi connectivity index (χ2v) is 7.01. The molecule has 21 heavy (non-hydrogen) atoms. The van der Waals surface area contributed by atoms with Gasteiger partial charge in [-0.05, 0) is 48.9 Å². The van der Waals surface area contributed by atoms with Crippen LogP contribution in [0, 0.1) is 6.92 Å². The summed E-state index contributed by atoms with van der Waals surface area (Å²) in [5.74, 6) is 1.92. The highest BCUT2D eigenvalue weighted by Crippen LogP contribution is 2.38. The molecule has 110 valence electrons. The van der Waals surface area contributed by atoms with E-state index in [0.717, 1.165) is 18.2 Å². The third kappa shape index (κ3) is 3.90. The van der Waals surface area contributed by atoms with Gasteiger partial charge in [-0.25, -0.2) is 0 Å². The number of hydrogen-bond acceptors (Lipinski definition) is 2. The summed E-state index contributed by atoms with van der Waals surface area (Å²) >= 11 is 1.93. The summed E-state index contributed by atoms with van der Waals surface area (Å²) < 4.78 is 0. The monoisotopic (exact) mass is 297 g/mol. The minimum atomic E-state index is 0.714. The van der Waals surface area contributed by atoms with Crippen LogP contribution in [0.5, 0.6) is 0 Å². The summed E-state index contributed by atoms with van der Waals surface area (Å²) in [6.07, 6.45) is 2.59. The van der Waals surface area contributed by atoms with E-state index in [9.17, 15) is 0 Å². The summed E-state index contributed by atoms with van der Waals surface area (Å²) in [7, 11) is 0. The summed E-state index contributed by atoms with van der Waals surface area (Å²) in [6.45, 7) is 3.33. The molecule has 0 bridgehead atoms. The normalized spacial score (nSPS) is 21.0. The molecule has 0 heterocycles. The Labute approximate surface area is 132 Å². The summed E-state index contributed by atoms with van der Waals surface area (Å²) in [4.78, 5) is 1.37. The summed E-state index contributed by atoms with van der Waals surface area (Å²) in [5.41, 5.74) is 3.00. The van der Waals surface area contributed by atoms with Gasteiger partial charge in [0.2, 0.25) is 0 Å². The molecule has 1 fully saturated rings. The van der Waals surface area contributed by atoms with Crippen LogP contribution >= 0.6 is 11.8 Å². The van der Waals surface area contributed by atoms with Crippen LogP contribution in [0.3, 0.4) is 0 Å². The highest BCUT2D eigenvalue weighted by molar-refractivity contribution is 7.99. The molecule has 0 spiro atoms. The largest absolute Gasteiger partial charge is 0.313 e.